The Labute approximate surface area is 103 Å². The fourth-order valence-corrected chi connectivity index (χ4v) is 2.43. The summed E-state index contributed by atoms with van der Waals surface area (Å²) in [5, 5.41) is 0. The van der Waals surface area contributed by atoms with E-state index < -0.39 is 0 Å². The Morgan fingerprint density at radius 1 is 1.53 bits per heavy atom. The number of hydrogen-bond donors (Lipinski definition) is 0. The molecule has 1 atom stereocenters. The Morgan fingerprint density at radius 3 is 3.12 bits per heavy atom. The van der Waals surface area contributed by atoms with Crippen LogP contribution in [0.1, 0.15) is 44.2 Å². The zero-order chi connectivity index (χ0) is 12.1. The summed E-state index contributed by atoms with van der Waals surface area (Å²) in [6.07, 6.45) is 5.68. The highest BCUT2D eigenvalue weighted by molar-refractivity contribution is 5.76. The number of piperidine rings is 1. The van der Waals surface area contributed by atoms with Crippen molar-refractivity contribution in [2.24, 2.45) is 0 Å². The quantitative estimate of drug-likeness (QED) is 0.802. The molecule has 1 fully saturated rings. The minimum absolute atomic E-state index is 0.299. The van der Waals surface area contributed by atoms with Crippen molar-refractivity contribution in [2.75, 3.05) is 13.1 Å². The summed E-state index contributed by atoms with van der Waals surface area (Å²) >= 11 is 0. The lowest BCUT2D eigenvalue weighted by Crippen LogP contribution is -2.39. The Balaban J connectivity index is 2.00. The van der Waals surface area contributed by atoms with Gasteiger partial charge in [0, 0.05) is 37.3 Å². The first-order valence-corrected chi connectivity index (χ1v) is 6.50. The summed E-state index contributed by atoms with van der Waals surface area (Å²) in [5.74, 6) is 0.721. The van der Waals surface area contributed by atoms with E-state index >= 15 is 0 Å². The molecule has 17 heavy (non-hydrogen) atoms. The third-order valence-electron chi connectivity index (χ3n) is 3.34. The van der Waals surface area contributed by atoms with Crippen LogP contribution in [0.3, 0.4) is 0 Å². The molecule has 0 aliphatic carbocycles. The molecule has 0 aromatic carbocycles. The maximum atomic E-state index is 11.9. The van der Waals surface area contributed by atoms with E-state index in [1.165, 1.54) is 0 Å². The van der Waals surface area contributed by atoms with Crippen LogP contribution >= 0.6 is 0 Å². The number of likely N-dealkylation sites (tertiary alicyclic amines) is 1. The van der Waals surface area contributed by atoms with Crippen LogP contribution in [-0.2, 0) is 4.79 Å². The number of hydrogen-bond acceptors (Lipinski definition) is 2. The summed E-state index contributed by atoms with van der Waals surface area (Å²) in [7, 11) is 0. The summed E-state index contributed by atoms with van der Waals surface area (Å²) in [6, 6.07) is 6.03. The van der Waals surface area contributed by atoms with Crippen LogP contribution in [0.15, 0.2) is 24.4 Å². The van der Waals surface area contributed by atoms with Gasteiger partial charge in [0.1, 0.15) is 0 Å². The van der Waals surface area contributed by atoms with Crippen molar-refractivity contribution in [1.82, 2.24) is 9.88 Å². The predicted molar refractivity (Wildman–Crippen MR) is 67.7 cm³/mol. The first-order chi connectivity index (χ1) is 8.31. The highest BCUT2D eigenvalue weighted by Crippen LogP contribution is 2.25. The molecule has 0 radical (unpaired) electrons. The van der Waals surface area contributed by atoms with Crippen molar-refractivity contribution in [3.05, 3.63) is 30.1 Å². The van der Waals surface area contributed by atoms with E-state index in [9.17, 15) is 4.79 Å². The van der Waals surface area contributed by atoms with Crippen LogP contribution in [0.2, 0.25) is 0 Å². The van der Waals surface area contributed by atoms with Gasteiger partial charge in [-0.1, -0.05) is 13.0 Å². The van der Waals surface area contributed by atoms with Crippen LogP contribution in [0, 0.1) is 0 Å². The maximum Gasteiger partial charge on any atom is 0.222 e. The van der Waals surface area contributed by atoms with Crippen molar-refractivity contribution in [3.63, 3.8) is 0 Å². The molecular weight excluding hydrogens is 212 g/mol. The van der Waals surface area contributed by atoms with Crippen molar-refractivity contribution in [1.29, 1.82) is 0 Å². The van der Waals surface area contributed by atoms with E-state index in [1.54, 1.807) is 0 Å². The van der Waals surface area contributed by atoms with Gasteiger partial charge in [-0.25, -0.2) is 0 Å². The Hall–Kier alpha value is -1.38. The summed E-state index contributed by atoms with van der Waals surface area (Å²) in [6.45, 7) is 3.82. The lowest BCUT2D eigenvalue weighted by molar-refractivity contribution is -0.132. The molecule has 1 unspecified atom stereocenters. The molecule has 2 rings (SSSR count). The number of amides is 1. The normalized spacial score (nSPS) is 20.3. The first kappa shape index (κ1) is 12.1. The molecule has 92 valence electrons. The predicted octanol–water partition coefficient (Wildman–Crippen LogP) is 2.59. The first-order valence-electron chi connectivity index (χ1n) is 6.50. The minimum Gasteiger partial charge on any atom is -0.342 e. The third kappa shape index (κ3) is 3.05. The van der Waals surface area contributed by atoms with E-state index in [-0.39, 0.29) is 0 Å². The lowest BCUT2D eigenvalue weighted by Gasteiger charge is -2.32. The zero-order valence-electron chi connectivity index (χ0n) is 10.4. The molecular formula is C14H20N2O. The SMILES string of the molecule is CCCC(=O)N1CCCC(c2ccccn2)C1. The number of carbonyl (C=O) groups is 1. The standard InChI is InChI=1S/C14H20N2O/c1-2-6-14(17)16-10-5-7-12(11-16)13-8-3-4-9-15-13/h3-4,8-9,12H,2,5-7,10-11H2,1H3. The number of rotatable bonds is 3. The summed E-state index contributed by atoms with van der Waals surface area (Å²) in [4.78, 5) is 18.3. The lowest BCUT2D eigenvalue weighted by atomic mass is 9.94. The van der Waals surface area contributed by atoms with Crippen molar-refractivity contribution >= 4 is 5.91 Å². The van der Waals surface area contributed by atoms with E-state index in [0.717, 1.165) is 38.0 Å². The van der Waals surface area contributed by atoms with E-state index in [0.29, 0.717) is 18.2 Å². The number of carbonyl (C=O) groups excluding carboxylic acids is 1. The van der Waals surface area contributed by atoms with Gasteiger partial charge in [-0.2, -0.15) is 0 Å². The minimum atomic E-state index is 0.299. The number of aromatic nitrogens is 1. The number of nitrogens with zero attached hydrogens (tertiary/aromatic N) is 2. The third-order valence-corrected chi connectivity index (χ3v) is 3.34. The average molecular weight is 232 g/mol. The van der Waals surface area contributed by atoms with Crippen molar-refractivity contribution < 1.29 is 4.79 Å². The highest BCUT2D eigenvalue weighted by atomic mass is 16.2. The summed E-state index contributed by atoms with van der Waals surface area (Å²) in [5.41, 5.74) is 1.13. The molecule has 0 N–H and O–H groups in total. The fourth-order valence-electron chi connectivity index (χ4n) is 2.43. The molecule has 1 aliphatic heterocycles. The molecule has 3 heteroatoms. The van der Waals surface area contributed by atoms with Gasteiger partial charge in [-0.15, -0.1) is 0 Å². The van der Waals surface area contributed by atoms with E-state index in [4.69, 9.17) is 0 Å². The largest absolute Gasteiger partial charge is 0.342 e. The van der Waals surface area contributed by atoms with Gasteiger partial charge in [0.05, 0.1) is 0 Å². The Bertz CT molecular complexity index is 364. The topological polar surface area (TPSA) is 33.2 Å². The smallest absolute Gasteiger partial charge is 0.222 e. The maximum absolute atomic E-state index is 11.9. The molecule has 1 saturated heterocycles. The summed E-state index contributed by atoms with van der Waals surface area (Å²) < 4.78 is 0. The molecule has 0 saturated carbocycles. The van der Waals surface area contributed by atoms with E-state index in [2.05, 4.69) is 18.0 Å². The van der Waals surface area contributed by atoms with Gasteiger partial charge < -0.3 is 4.90 Å². The second kappa shape index (κ2) is 5.80. The second-order valence-electron chi connectivity index (χ2n) is 4.68. The van der Waals surface area contributed by atoms with Crippen LogP contribution in [0.5, 0.6) is 0 Å². The number of pyridine rings is 1. The second-order valence-corrected chi connectivity index (χ2v) is 4.68. The van der Waals surface area contributed by atoms with Crippen molar-refractivity contribution in [3.8, 4) is 0 Å². The van der Waals surface area contributed by atoms with Crippen molar-refractivity contribution in [2.45, 2.75) is 38.5 Å². The Kier molecular flexibility index (Phi) is 4.13. The fraction of sp³-hybridized carbons (Fsp3) is 0.571. The molecule has 0 bridgehead atoms. The Morgan fingerprint density at radius 2 is 2.41 bits per heavy atom. The molecule has 1 aromatic heterocycles. The van der Waals surface area contributed by atoms with Crippen LogP contribution < -0.4 is 0 Å². The molecule has 1 aromatic rings. The van der Waals surface area contributed by atoms with Gasteiger partial charge >= 0.3 is 0 Å². The molecule has 1 aliphatic rings. The highest BCUT2D eigenvalue weighted by Gasteiger charge is 2.24. The average Bonchev–Trinajstić information content (AvgIpc) is 2.40. The van der Waals surface area contributed by atoms with Crippen LogP contribution in [0.25, 0.3) is 0 Å². The molecule has 0 spiro atoms. The van der Waals surface area contributed by atoms with Crippen LogP contribution in [0.4, 0.5) is 0 Å². The van der Waals surface area contributed by atoms with Gasteiger partial charge in [-0.05, 0) is 31.4 Å². The van der Waals surface area contributed by atoms with Gasteiger partial charge in [0.15, 0.2) is 0 Å². The molecule has 3 nitrogen and oxygen atoms in total. The molecule has 1 amide bonds. The zero-order valence-corrected chi connectivity index (χ0v) is 10.4. The monoisotopic (exact) mass is 232 g/mol. The van der Waals surface area contributed by atoms with Gasteiger partial charge in [0.25, 0.3) is 0 Å². The van der Waals surface area contributed by atoms with Gasteiger partial charge in [-0.3, -0.25) is 9.78 Å². The van der Waals surface area contributed by atoms with Gasteiger partial charge in [0.2, 0.25) is 5.91 Å². The van der Waals surface area contributed by atoms with Crippen LogP contribution in [-0.4, -0.2) is 28.9 Å². The molecule has 2 heterocycles. The van der Waals surface area contributed by atoms with E-state index in [1.807, 2.05) is 23.2 Å².